The lowest BCUT2D eigenvalue weighted by molar-refractivity contribution is 0.713. The molecule has 2 aliphatic rings. The van der Waals surface area contributed by atoms with E-state index in [0.29, 0.717) is 0 Å². The normalized spacial score (nSPS) is 16.3. The summed E-state index contributed by atoms with van der Waals surface area (Å²) in [6, 6.07) is 2.43. The number of benzene rings is 1. The summed E-state index contributed by atoms with van der Waals surface area (Å²) < 4.78 is 0. The third-order valence-electron chi connectivity index (χ3n) is 4.16. The Bertz CT molecular complexity index is 451. The standard InChI is InChI=1S/C17H21/c1-2-3-4-9-17-15-10-5-7-13(15)12-14-8-6-11-16(14)17/h5,7,10,12H,2-4,6,8-9,11H2,1H3. The topological polar surface area (TPSA) is 0 Å². The summed E-state index contributed by atoms with van der Waals surface area (Å²) in [5, 5.41) is 0. The molecule has 3 rings (SSSR count). The lowest BCUT2D eigenvalue weighted by atomic mass is 9.91. The minimum absolute atomic E-state index is 1.29. The summed E-state index contributed by atoms with van der Waals surface area (Å²) in [5.74, 6) is 0. The van der Waals surface area contributed by atoms with E-state index in [9.17, 15) is 0 Å². The minimum Gasteiger partial charge on any atom is -0.0754 e. The molecule has 0 spiro atoms. The van der Waals surface area contributed by atoms with E-state index in [1.165, 1.54) is 56.1 Å². The first-order chi connectivity index (χ1) is 8.40. The molecule has 0 atom stereocenters. The van der Waals surface area contributed by atoms with E-state index in [-0.39, 0.29) is 0 Å². The van der Waals surface area contributed by atoms with Gasteiger partial charge in [-0.2, -0.15) is 0 Å². The Balaban J connectivity index is 1.96. The van der Waals surface area contributed by atoms with Crippen LogP contribution in [-0.4, -0.2) is 0 Å². The van der Waals surface area contributed by atoms with Crippen molar-refractivity contribution in [1.82, 2.24) is 0 Å². The van der Waals surface area contributed by atoms with Crippen LogP contribution in [0, 0.1) is 6.42 Å². The van der Waals surface area contributed by atoms with E-state index in [2.05, 4.69) is 31.6 Å². The fraction of sp³-hybridized carbons (Fsp3) is 0.471. The molecule has 0 amide bonds. The van der Waals surface area contributed by atoms with Crippen LogP contribution in [0.4, 0.5) is 0 Å². The van der Waals surface area contributed by atoms with Crippen LogP contribution in [-0.2, 0) is 19.3 Å². The van der Waals surface area contributed by atoms with Gasteiger partial charge in [0.25, 0.3) is 0 Å². The highest BCUT2D eigenvalue weighted by Crippen LogP contribution is 2.35. The van der Waals surface area contributed by atoms with E-state index < -0.39 is 0 Å². The predicted octanol–water partition coefficient (Wildman–Crippen LogP) is 4.49. The van der Waals surface area contributed by atoms with E-state index in [1.54, 1.807) is 16.7 Å². The van der Waals surface area contributed by atoms with Crippen LogP contribution in [0.25, 0.3) is 6.08 Å². The van der Waals surface area contributed by atoms with Crippen molar-refractivity contribution in [3.63, 3.8) is 0 Å². The molecule has 0 saturated heterocycles. The summed E-state index contributed by atoms with van der Waals surface area (Å²) in [7, 11) is 0. The van der Waals surface area contributed by atoms with Gasteiger partial charge in [-0.05, 0) is 59.9 Å². The molecular formula is C17H21. The maximum atomic E-state index is 2.43. The van der Waals surface area contributed by atoms with Gasteiger partial charge >= 0.3 is 0 Å². The van der Waals surface area contributed by atoms with Crippen LogP contribution in [0.5, 0.6) is 0 Å². The smallest absolute Gasteiger partial charge is 0.0131 e. The largest absolute Gasteiger partial charge is 0.0754 e. The van der Waals surface area contributed by atoms with Crippen LogP contribution in [0.1, 0.15) is 60.4 Å². The fourth-order valence-corrected chi connectivity index (χ4v) is 3.29. The fourth-order valence-electron chi connectivity index (χ4n) is 3.29. The van der Waals surface area contributed by atoms with Crippen molar-refractivity contribution in [2.45, 2.75) is 51.9 Å². The molecule has 2 aliphatic carbocycles. The molecule has 17 heavy (non-hydrogen) atoms. The molecule has 0 nitrogen and oxygen atoms in total. The second-order valence-electron chi connectivity index (χ2n) is 5.33. The first-order valence-electron chi connectivity index (χ1n) is 7.09. The number of fused-ring (bicyclic) bond motifs is 2. The van der Waals surface area contributed by atoms with Gasteiger partial charge in [-0.1, -0.05) is 38.0 Å². The molecule has 0 unspecified atom stereocenters. The van der Waals surface area contributed by atoms with E-state index in [4.69, 9.17) is 0 Å². The van der Waals surface area contributed by atoms with Crippen molar-refractivity contribution in [3.8, 4) is 0 Å². The summed E-state index contributed by atoms with van der Waals surface area (Å²) in [6.45, 7) is 2.29. The number of allylic oxidation sites excluding steroid dienone is 1. The van der Waals surface area contributed by atoms with Crippen molar-refractivity contribution in [3.05, 3.63) is 46.4 Å². The maximum absolute atomic E-state index is 2.43. The van der Waals surface area contributed by atoms with Crippen molar-refractivity contribution in [2.75, 3.05) is 0 Å². The summed E-state index contributed by atoms with van der Waals surface area (Å²) in [5.41, 5.74) is 8.00. The van der Waals surface area contributed by atoms with Crippen LogP contribution < -0.4 is 0 Å². The van der Waals surface area contributed by atoms with E-state index >= 15 is 0 Å². The molecule has 0 heteroatoms. The number of hydrogen-bond acceptors (Lipinski definition) is 0. The van der Waals surface area contributed by atoms with Gasteiger partial charge in [0.2, 0.25) is 0 Å². The van der Waals surface area contributed by atoms with Crippen molar-refractivity contribution in [2.24, 2.45) is 0 Å². The van der Waals surface area contributed by atoms with Crippen molar-refractivity contribution in [1.29, 1.82) is 0 Å². The Kier molecular flexibility index (Phi) is 3.05. The average Bonchev–Trinajstić information content (AvgIpc) is 2.95. The SMILES string of the molecule is CCCCCc1c2c(cc3c1CCC3)[CH]C=C2. The molecule has 1 aromatic carbocycles. The quantitative estimate of drug-likeness (QED) is 0.662. The number of hydrogen-bond donors (Lipinski definition) is 0. The second-order valence-corrected chi connectivity index (χ2v) is 5.33. The Labute approximate surface area is 105 Å². The van der Waals surface area contributed by atoms with Crippen LogP contribution in [0.3, 0.4) is 0 Å². The molecule has 0 aromatic heterocycles. The monoisotopic (exact) mass is 225 g/mol. The highest BCUT2D eigenvalue weighted by atomic mass is 14.3. The number of unbranched alkanes of at least 4 members (excludes halogenated alkanes) is 2. The van der Waals surface area contributed by atoms with Crippen LogP contribution in [0.15, 0.2) is 12.1 Å². The molecule has 89 valence electrons. The molecule has 0 aliphatic heterocycles. The number of aryl methyl sites for hydroxylation is 1. The molecule has 0 bridgehead atoms. The van der Waals surface area contributed by atoms with Gasteiger partial charge in [-0.15, -0.1) is 0 Å². The molecule has 0 N–H and O–H groups in total. The van der Waals surface area contributed by atoms with Gasteiger partial charge in [0.1, 0.15) is 0 Å². The third-order valence-corrected chi connectivity index (χ3v) is 4.16. The maximum Gasteiger partial charge on any atom is 0.0131 e. The zero-order valence-electron chi connectivity index (χ0n) is 10.8. The highest BCUT2D eigenvalue weighted by molar-refractivity contribution is 5.70. The zero-order chi connectivity index (χ0) is 11.7. The predicted molar refractivity (Wildman–Crippen MR) is 74.1 cm³/mol. The molecule has 0 fully saturated rings. The summed E-state index contributed by atoms with van der Waals surface area (Å²) in [6.07, 6.45) is 16.1. The summed E-state index contributed by atoms with van der Waals surface area (Å²) >= 11 is 0. The zero-order valence-corrected chi connectivity index (χ0v) is 10.8. The first-order valence-corrected chi connectivity index (χ1v) is 7.09. The van der Waals surface area contributed by atoms with Gasteiger partial charge in [-0.3, -0.25) is 0 Å². The van der Waals surface area contributed by atoms with Gasteiger partial charge < -0.3 is 0 Å². The van der Waals surface area contributed by atoms with Gasteiger partial charge in [-0.25, -0.2) is 0 Å². The minimum atomic E-state index is 1.29. The van der Waals surface area contributed by atoms with Crippen molar-refractivity contribution >= 4 is 6.08 Å². The second kappa shape index (κ2) is 4.68. The molecular weight excluding hydrogens is 204 g/mol. The van der Waals surface area contributed by atoms with Gasteiger partial charge in [0.15, 0.2) is 0 Å². The van der Waals surface area contributed by atoms with Crippen molar-refractivity contribution < 1.29 is 0 Å². The lowest BCUT2D eigenvalue weighted by Crippen LogP contribution is -2.00. The highest BCUT2D eigenvalue weighted by Gasteiger charge is 2.21. The first kappa shape index (κ1) is 11.1. The molecule has 0 heterocycles. The third kappa shape index (κ3) is 1.94. The Hall–Kier alpha value is -1.04. The van der Waals surface area contributed by atoms with Crippen LogP contribution >= 0.6 is 0 Å². The summed E-state index contributed by atoms with van der Waals surface area (Å²) in [4.78, 5) is 0. The average molecular weight is 225 g/mol. The van der Waals surface area contributed by atoms with Crippen LogP contribution in [0.2, 0.25) is 0 Å². The lowest BCUT2D eigenvalue weighted by Gasteiger charge is -2.14. The molecule has 1 radical (unpaired) electrons. The Morgan fingerprint density at radius 3 is 3.00 bits per heavy atom. The van der Waals surface area contributed by atoms with E-state index in [1.807, 2.05) is 0 Å². The Morgan fingerprint density at radius 2 is 2.12 bits per heavy atom. The molecule has 0 saturated carbocycles. The van der Waals surface area contributed by atoms with Gasteiger partial charge in [0, 0.05) is 6.42 Å². The Morgan fingerprint density at radius 1 is 1.18 bits per heavy atom. The number of rotatable bonds is 4. The van der Waals surface area contributed by atoms with Gasteiger partial charge in [0.05, 0.1) is 0 Å². The van der Waals surface area contributed by atoms with E-state index in [0.717, 1.165) is 0 Å². The molecule has 1 aromatic rings.